The van der Waals surface area contributed by atoms with E-state index in [1.54, 1.807) is 18.2 Å². The Kier molecular flexibility index (Phi) is 3.60. The Morgan fingerprint density at radius 3 is 2.46 bits per heavy atom. The molecule has 0 atom stereocenters. The minimum Gasteiger partial charge on any atom is -0.291 e. The molecular weight excluding hydrogens is 230 g/mol. The van der Waals surface area contributed by atoms with Crippen molar-refractivity contribution in [1.82, 2.24) is 0 Å². The second-order valence-electron chi connectivity index (χ2n) is 2.65. The molecular formula is C9H7Cl3O. The van der Waals surface area contributed by atoms with E-state index in [1.807, 2.05) is 6.92 Å². The van der Waals surface area contributed by atoms with Crippen molar-refractivity contribution in [2.24, 2.45) is 0 Å². The van der Waals surface area contributed by atoms with E-state index < -0.39 is 4.84 Å². The zero-order valence-corrected chi connectivity index (χ0v) is 9.12. The van der Waals surface area contributed by atoms with Crippen LogP contribution in [0.5, 0.6) is 0 Å². The van der Waals surface area contributed by atoms with Gasteiger partial charge in [0.2, 0.25) is 0 Å². The van der Waals surface area contributed by atoms with Crippen molar-refractivity contribution in [1.29, 1.82) is 0 Å². The second kappa shape index (κ2) is 4.32. The molecule has 0 fully saturated rings. The molecule has 0 aliphatic carbocycles. The molecule has 0 heterocycles. The van der Waals surface area contributed by atoms with Gasteiger partial charge < -0.3 is 0 Å². The van der Waals surface area contributed by atoms with Gasteiger partial charge in [-0.05, 0) is 24.6 Å². The highest BCUT2D eigenvalue weighted by molar-refractivity contribution is 6.56. The van der Waals surface area contributed by atoms with E-state index in [0.717, 1.165) is 5.56 Å². The van der Waals surface area contributed by atoms with Crippen molar-refractivity contribution >= 4 is 40.6 Å². The average molecular weight is 238 g/mol. The predicted octanol–water partition coefficient (Wildman–Crippen LogP) is 3.63. The van der Waals surface area contributed by atoms with Gasteiger partial charge in [0, 0.05) is 5.56 Å². The summed E-state index contributed by atoms with van der Waals surface area (Å²) >= 11 is 16.7. The van der Waals surface area contributed by atoms with Gasteiger partial charge in [-0.3, -0.25) is 4.79 Å². The molecule has 1 aromatic carbocycles. The van der Waals surface area contributed by atoms with Crippen LogP contribution in [0, 0.1) is 6.92 Å². The lowest BCUT2D eigenvalue weighted by Crippen LogP contribution is -2.08. The molecule has 0 spiro atoms. The van der Waals surface area contributed by atoms with E-state index in [1.165, 1.54) is 0 Å². The van der Waals surface area contributed by atoms with Crippen molar-refractivity contribution in [3.05, 3.63) is 34.3 Å². The summed E-state index contributed by atoms with van der Waals surface area (Å²) in [6.45, 7) is 1.89. The zero-order chi connectivity index (χ0) is 10.0. The smallest absolute Gasteiger partial charge is 0.197 e. The molecule has 13 heavy (non-hydrogen) atoms. The number of halogens is 3. The Labute approximate surface area is 91.6 Å². The summed E-state index contributed by atoms with van der Waals surface area (Å²) in [5.74, 6) is -0.367. The Balaban J connectivity index is 3.09. The molecule has 4 heteroatoms. The van der Waals surface area contributed by atoms with Gasteiger partial charge in [-0.15, -0.1) is 0 Å². The fraction of sp³-hybridized carbons (Fsp3) is 0.222. The van der Waals surface area contributed by atoms with Crippen LogP contribution >= 0.6 is 34.8 Å². The largest absolute Gasteiger partial charge is 0.291 e. The van der Waals surface area contributed by atoms with E-state index in [9.17, 15) is 4.79 Å². The molecule has 0 saturated carbocycles. The highest BCUT2D eigenvalue weighted by atomic mass is 35.5. The summed E-state index contributed by atoms with van der Waals surface area (Å²) in [5, 5.41) is 0.385. The summed E-state index contributed by atoms with van der Waals surface area (Å²) < 4.78 is 0. The first-order chi connectivity index (χ1) is 6.02. The van der Waals surface area contributed by atoms with Crippen molar-refractivity contribution in [2.75, 3.05) is 0 Å². The Morgan fingerprint density at radius 1 is 1.38 bits per heavy atom. The minimum absolute atomic E-state index is 0.363. The number of carbonyl (C=O) groups excluding carboxylic acids is 1. The molecule has 0 radical (unpaired) electrons. The molecule has 0 aliphatic rings. The third-order valence-corrected chi connectivity index (χ3v) is 2.30. The molecule has 0 aliphatic heterocycles. The standard InChI is InChI=1S/C9H7Cl3O/c1-5-2-3-6(7(10)4-5)8(13)9(11)12/h2-4,9H,1H3. The van der Waals surface area contributed by atoms with Crippen LogP contribution in [-0.4, -0.2) is 10.6 Å². The minimum atomic E-state index is -1.06. The monoisotopic (exact) mass is 236 g/mol. The Hall–Kier alpha value is -0.240. The van der Waals surface area contributed by atoms with Gasteiger partial charge in [0.25, 0.3) is 0 Å². The van der Waals surface area contributed by atoms with Crippen LogP contribution in [0.1, 0.15) is 15.9 Å². The first kappa shape index (κ1) is 10.8. The number of ketones is 1. The molecule has 70 valence electrons. The summed E-state index contributed by atoms with van der Waals surface area (Å²) in [5.41, 5.74) is 1.35. The van der Waals surface area contributed by atoms with E-state index in [2.05, 4.69) is 0 Å². The third-order valence-electron chi connectivity index (χ3n) is 1.59. The average Bonchev–Trinajstić information content (AvgIpc) is 2.03. The number of rotatable bonds is 2. The van der Waals surface area contributed by atoms with Gasteiger partial charge in [0.15, 0.2) is 10.6 Å². The van der Waals surface area contributed by atoms with Crippen LogP contribution in [0.4, 0.5) is 0 Å². The summed E-state index contributed by atoms with van der Waals surface area (Å²) in [6, 6.07) is 5.11. The first-order valence-electron chi connectivity index (χ1n) is 3.61. The van der Waals surface area contributed by atoms with Crippen LogP contribution in [0.3, 0.4) is 0 Å². The van der Waals surface area contributed by atoms with Gasteiger partial charge in [0.1, 0.15) is 0 Å². The van der Waals surface area contributed by atoms with Crippen molar-refractivity contribution < 1.29 is 4.79 Å². The lowest BCUT2D eigenvalue weighted by molar-refractivity contribution is 0.101. The number of aryl methyl sites for hydroxylation is 1. The molecule has 0 aromatic heterocycles. The van der Waals surface area contributed by atoms with E-state index in [0.29, 0.717) is 10.6 Å². The number of alkyl halides is 2. The molecule has 0 N–H and O–H groups in total. The molecule has 1 nitrogen and oxygen atoms in total. The maximum absolute atomic E-state index is 11.3. The number of hydrogen-bond acceptors (Lipinski definition) is 1. The molecule has 0 bridgehead atoms. The van der Waals surface area contributed by atoms with Crippen LogP contribution < -0.4 is 0 Å². The quantitative estimate of drug-likeness (QED) is 0.567. The summed E-state index contributed by atoms with van der Waals surface area (Å²) in [6.07, 6.45) is 0. The van der Waals surface area contributed by atoms with Crippen molar-refractivity contribution in [3.63, 3.8) is 0 Å². The summed E-state index contributed by atoms with van der Waals surface area (Å²) in [7, 11) is 0. The first-order valence-corrected chi connectivity index (χ1v) is 4.86. The molecule has 0 saturated heterocycles. The van der Waals surface area contributed by atoms with Gasteiger partial charge >= 0.3 is 0 Å². The Bertz CT molecular complexity index is 334. The van der Waals surface area contributed by atoms with E-state index >= 15 is 0 Å². The van der Waals surface area contributed by atoms with Gasteiger partial charge in [-0.25, -0.2) is 0 Å². The second-order valence-corrected chi connectivity index (χ2v) is 4.15. The molecule has 0 unspecified atom stereocenters. The fourth-order valence-corrected chi connectivity index (χ4v) is 1.50. The van der Waals surface area contributed by atoms with Crippen LogP contribution in [-0.2, 0) is 0 Å². The maximum atomic E-state index is 11.3. The van der Waals surface area contributed by atoms with E-state index in [4.69, 9.17) is 34.8 Å². The number of Topliss-reactive ketones (excluding diaryl/α,β-unsaturated/α-hetero) is 1. The maximum Gasteiger partial charge on any atom is 0.197 e. The number of hydrogen-bond donors (Lipinski definition) is 0. The molecule has 1 rings (SSSR count). The predicted molar refractivity (Wildman–Crippen MR) is 56.0 cm³/mol. The van der Waals surface area contributed by atoms with E-state index in [-0.39, 0.29) is 5.78 Å². The van der Waals surface area contributed by atoms with Crippen molar-refractivity contribution in [2.45, 2.75) is 11.8 Å². The number of benzene rings is 1. The highest BCUT2D eigenvalue weighted by Crippen LogP contribution is 2.21. The Morgan fingerprint density at radius 2 is 2.00 bits per heavy atom. The topological polar surface area (TPSA) is 17.1 Å². The fourth-order valence-electron chi connectivity index (χ4n) is 0.938. The number of carbonyl (C=O) groups is 1. The van der Waals surface area contributed by atoms with Crippen LogP contribution in [0.25, 0.3) is 0 Å². The normalized spacial score (nSPS) is 10.5. The third kappa shape index (κ3) is 2.60. The lowest BCUT2D eigenvalue weighted by atomic mass is 10.1. The van der Waals surface area contributed by atoms with Crippen LogP contribution in [0.2, 0.25) is 5.02 Å². The molecule has 1 aromatic rings. The lowest BCUT2D eigenvalue weighted by Gasteiger charge is -2.04. The SMILES string of the molecule is Cc1ccc(C(=O)C(Cl)Cl)c(Cl)c1. The molecule has 0 amide bonds. The van der Waals surface area contributed by atoms with Gasteiger partial charge in [-0.2, -0.15) is 0 Å². The van der Waals surface area contributed by atoms with Gasteiger partial charge in [0.05, 0.1) is 5.02 Å². The van der Waals surface area contributed by atoms with Gasteiger partial charge in [-0.1, -0.05) is 40.9 Å². The summed E-state index contributed by atoms with van der Waals surface area (Å²) in [4.78, 5) is 10.3. The zero-order valence-electron chi connectivity index (χ0n) is 6.85. The highest BCUT2D eigenvalue weighted by Gasteiger charge is 2.16. The van der Waals surface area contributed by atoms with Crippen molar-refractivity contribution in [3.8, 4) is 0 Å². The van der Waals surface area contributed by atoms with Crippen LogP contribution in [0.15, 0.2) is 18.2 Å².